The number of nitrogens with two attached hydrogens (primary N) is 1. The van der Waals surface area contributed by atoms with E-state index in [1.807, 2.05) is 4.90 Å². The predicted molar refractivity (Wildman–Crippen MR) is 77.0 cm³/mol. The molecule has 0 aliphatic carbocycles. The van der Waals surface area contributed by atoms with Crippen LogP contribution < -0.4 is 5.73 Å². The summed E-state index contributed by atoms with van der Waals surface area (Å²) >= 11 is 5.09. The van der Waals surface area contributed by atoms with Crippen molar-refractivity contribution in [2.75, 3.05) is 26.2 Å². The molecule has 19 heavy (non-hydrogen) atoms. The lowest BCUT2D eigenvalue weighted by Gasteiger charge is -2.38. The van der Waals surface area contributed by atoms with Crippen LogP contribution in [0.25, 0.3) is 0 Å². The summed E-state index contributed by atoms with van der Waals surface area (Å²) in [5.74, 6) is 0.0248. The van der Waals surface area contributed by atoms with Crippen LogP contribution in [0.4, 0.5) is 0 Å². The third-order valence-electron chi connectivity index (χ3n) is 3.53. The van der Waals surface area contributed by atoms with E-state index < -0.39 is 0 Å². The Morgan fingerprint density at radius 2 is 2.16 bits per heavy atom. The third-order valence-corrected chi connectivity index (χ3v) is 3.80. The zero-order valence-corrected chi connectivity index (χ0v) is 11.9. The first-order valence-electron chi connectivity index (χ1n) is 6.48. The van der Waals surface area contributed by atoms with Gasteiger partial charge in [0.25, 0.3) is 5.91 Å². The van der Waals surface area contributed by atoms with Gasteiger partial charge in [0.1, 0.15) is 6.26 Å². The summed E-state index contributed by atoms with van der Waals surface area (Å²) in [7, 11) is 0. The lowest BCUT2D eigenvalue weighted by atomic mass is 10.1. The minimum atomic E-state index is 0.0248. The van der Waals surface area contributed by atoms with Gasteiger partial charge in [-0.15, -0.1) is 0 Å². The monoisotopic (exact) mass is 281 g/mol. The zero-order chi connectivity index (χ0) is 13.8. The molecule has 2 heterocycles. The van der Waals surface area contributed by atoms with Crippen molar-refractivity contribution in [2.45, 2.75) is 19.4 Å². The van der Waals surface area contributed by atoms with Crippen molar-refractivity contribution in [3.05, 3.63) is 24.2 Å². The summed E-state index contributed by atoms with van der Waals surface area (Å²) < 4.78 is 4.94. The maximum atomic E-state index is 12.1. The fourth-order valence-electron chi connectivity index (χ4n) is 2.44. The van der Waals surface area contributed by atoms with Crippen LogP contribution in [0.5, 0.6) is 0 Å². The highest BCUT2D eigenvalue weighted by molar-refractivity contribution is 7.80. The van der Waals surface area contributed by atoms with Crippen LogP contribution in [-0.4, -0.2) is 52.9 Å². The molecule has 0 spiro atoms. The van der Waals surface area contributed by atoms with E-state index in [0.717, 1.165) is 19.5 Å². The van der Waals surface area contributed by atoms with Crippen molar-refractivity contribution in [3.63, 3.8) is 0 Å². The molecule has 104 valence electrons. The van der Waals surface area contributed by atoms with Crippen molar-refractivity contribution >= 4 is 23.1 Å². The van der Waals surface area contributed by atoms with Crippen LogP contribution in [0.1, 0.15) is 23.7 Å². The molecule has 0 aromatic carbocycles. The number of nitrogens with zero attached hydrogens (tertiary/aromatic N) is 2. The fraction of sp³-hybridized carbons (Fsp3) is 0.538. The summed E-state index contributed by atoms with van der Waals surface area (Å²) in [5, 5.41) is 0. The minimum absolute atomic E-state index is 0.0248. The van der Waals surface area contributed by atoms with Gasteiger partial charge in [0.15, 0.2) is 0 Å². The number of amides is 1. The zero-order valence-electron chi connectivity index (χ0n) is 11.0. The second-order valence-corrected chi connectivity index (χ2v) is 5.14. The first-order valence-corrected chi connectivity index (χ1v) is 6.89. The van der Waals surface area contributed by atoms with Gasteiger partial charge in [-0.1, -0.05) is 19.1 Å². The van der Waals surface area contributed by atoms with E-state index in [-0.39, 0.29) is 11.9 Å². The SMILES string of the molecule is CCC(C(N)=S)N1CCN(C(=O)c2ccoc2)CC1. The summed E-state index contributed by atoms with van der Waals surface area (Å²) in [6.45, 7) is 5.08. The number of thiocarbonyl (C=S) groups is 1. The molecule has 1 unspecified atom stereocenters. The van der Waals surface area contributed by atoms with E-state index in [1.165, 1.54) is 12.5 Å². The largest absolute Gasteiger partial charge is 0.472 e. The molecular weight excluding hydrogens is 262 g/mol. The smallest absolute Gasteiger partial charge is 0.257 e. The number of hydrogen-bond donors (Lipinski definition) is 1. The van der Waals surface area contributed by atoms with Gasteiger partial charge >= 0.3 is 0 Å². The molecule has 0 radical (unpaired) electrons. The highest BCUT2D eigenvalue weighted by atomic mass is 32.1. The molecule has 5 nitrogen and oxygen atoms in total. The van der Waals surface area contributed by atoms with Gasteiger partial charge in [0, 0.05) is 26.2 Å². The molecule has 6 heteroatoms. The number of hydrogen-bond acceptors (Lipinski definition) is 4. The van der Waals surface area contributed by atoms with Crippen molar-refractivity contribution in [1.29, 1.82) is 0 Å². The molecule has 1 saturated heterocycles. The molecule has 0 saturated carbocycles. The van der Waals surface area contributed by atoms with Crippen LogP contribution >= 0.6 is 12.2 Å². The van der Waals surface area contributed by atoms with Gasteiger partial charge in [-0.05, 0) is 12.5 Å². The Bertz CT molecular complexity index is 439. The van der Waals surface area contributed by atoms with Crippen LogP contribution in [0.2, 0.25) is 0 Å². The minimum Gasteiger partial charge on any atom is -0.472 e. The number of carbonyl (C=O) groups excluding carboxylic acids is 1. The van der Waals surface area contributed by atoms with Crippen LogP contribution in [0.15, 0.2) is 23.0 Å². The molecule has 1 atom stereocenters. The first kappa shape index (κ1) is 14.0. The van der Waals surface area contributed by atoms with Crippen LogP contribution in [-0.2, 0) is 0 Å². The number of furan rings is 1. The molecule has 2 N–H and O–H groups in total. The molecule has 0 bridgehead atoms. The first-order chi connectivity index (χ1) is 9.13. The summed E-state index contributed by atoms with van der Waals surface area (Å²) in [6.07, 6.45) is 3.91. The highest BCUT2D eigenvalue weighted by Gasteiger charge is 2.27. The molecule has 1 aliphatic rings. The van der Waals surface area contributed by atoms with E-state index in [2.05, 4.69) is 11.8 Å². The number of carbonyl (C=O) groups is 1. The fourth-order valence-corrected chi connectivity index (χ4v) is 2.76. The lowest BCUT2D eigenvalue weighted by molar-refractivity contribution is 0.0611. The number of rotatable bonds is 4. The Hall–Kier alpha value is -1.40. The Morgan fingerprint density at radius 1 is 1.47 bits per heavy atom. The highest BCUT2D eigenvalue weighted by Crippen LogP contribution is 2.13. The molecule has 2 rings (SSSR count). The van der Waals surface area contributed by atoms with Crippen LogP contribution in [0, 0.1) is 0 Å². The average molecular weight is 281 g/mol. The van der Waals surface area contributed by atoms with E-state index in [9.17, 15) is 4.79 Å². The van der Waals surface area contributed by atoms with Gasteiger partial charge in [0.2, 0.25) is 0 Å². The molecule has 1 aromatic heterocycles. The number of piperazine rings is 1. The van der Waals surface area contributed by atoms with Gasteiger partial charge in [-0.2, -0.15) is 0 Å². The third kappa shape index (κ3) is 3.13. The van der Waals surface area contributed by atoms with Gasteiger partial charge < -0.3 is 15.1 Å². The maximum absolute atomic E-state index is 12.1. The quantitative estimate of drug-likeness (QED) is 0.837. The second-order valence-electron chi connectivity index (χ2n) is 4.67. The van der Waals surface area contributed by atoms with Crippen LogP contribution in [0.3, 0.4) is 0 Å². The predicted octanol–water partition coefficient (Wildman–Crippen LogP) is 1.10. The van der Waals surface area contributed by atoms with Crippen molar-refractivity contribution in [2.24, 2.45) is 5.73 Å². The average Bonchev–Trinajstić information content (AvgIpc) is 2.93. The molecular formula is C13H19N3O2S. The summed E-state index contributed by atoms with van der Waals surface area (Å²) in [4.78, 5) is 16.8. The van der Waals surface area contributed by atoms with Gasteiger partial charge in [0.05, 0.1) is 22.9 Å². The molecule has 1 amide bonds. The standard InChI is InChI=1S/C13H19N3O2S/c1-2-11(12(14)19)15-4-6-16(7-5-15)13(17)10-3-8-18-9-10/h3,8-9,11H,2,4-7H2,1H3,(H2,14,19). The van der Waals surface area contributed by atoms with E-state index in [4.69, 9.17) is 22.4 Å². The molecule has 1 aromatic rings. The molecule has 1 aliphatic heterocycles. The Morgan fingerprint density at radius 3 is 2.63 bits per heavy atom. The molecule has 1 fully saturated rings. The Kier molecular flexibility index (Phi) is 4.55. The van der Waals surface area contributed by atoms with E-state index >= 15 is 0 Å². The normalized spacial score (nSPS) is 18.3. The van der Waals surface area contributed by atoms with E-state index in [1.54, 1.807) is 6.07 Å². The second kappa shape index (κ2) is 6.16. The van der Waals surface area contributed by atoms with Gasteiger partial charge in [-0.3, -0.25) is 9.69 Å². The lowest BCUT2D eigenvalue weighted by Crippen LogP contribution is -2.54. The van der Waals surface area contributed by atoms with Crippen molar-refractivity contribution < 1.29 is 9.21 Å². The van der Waals surface area contributed by atoms with Crippen molar-refractivity contribution in [3.8, 4) is 0 Å². The van der Waals surface area contributed by atoms with E-state index in [0.29, 0.717) is 23.6 Å². The van der Waals surface area contributed by atoms with Gasteiger partial charge in [-0.25, -0.2) is 0 Å². The summed E-state index contributed by atoms with van der Waals surface area (Å²) in [6, 6.07) is 1.83. The topological polar surface area (TPSA) is 62.7 Å². The Balaban J connectivity index is 1.92. The summed E-state index contributed by atoms with van der Waals surface area (Å²) in [5.41, 5.74) is 6.35. The Labute approximate surface area is 118 Å². The maximum Gasteiger partial charge on any atom is 0.257 e. The van der Waals surface area contributed by atoms with Crippen molar-refractivity contribution in [1.82, 2.24) is 9.80 Å².